The van der Waals surface area contributed by atoms with Gasteiger partial charge in [0.25, 0.3) is 5.91 Å². The summed E-state index contributed by atoms with van der Waals surface area (Å²) in [6, 6.07) is 8.03. The molecule has 0 fully saturated rings. The molecule has 4 nitrogen and oxygen atoms in total. The number of hydrogen-bond acceptors (Lipinski definition) is 3. The zero-order chi connectivity index (χ0) is 21.4. The van der Waals surface area contributed by atoms with Crippen molar-refractivity contribution < 1.29 is 14.7 Å². The molecule has 0 aliphatic carbocycles. The molecule has 1 aromatic carbocycles. The first-order chi connectivity index (χ1) is 13.5. The van der Waals surface area contributed by atoms with Crippen molar-refractivity contribution in [3.05, 3.63) is 71.9 Å². The van der Waals surface area contributed by atoms with E-state index >= 15 is 0 Å². The minimum absolute atomic E-state index is 0. The fraction of sp³-hybridized carbons (Fsp3) is 0.400. The summed E-state index contributed by atoms with van der Waals surface area (Å²) in [6.07, 6.45) is 13.2. The van der Waals surface area contributed by atoms with Crippen LogP contribution in [0.1, 0.15) is 67.4 Å². The summed E-state index contributed by atoms with van der Waals surface area (Å²) >= 11 is 0. The molecule has 4 heteroatoms. The number of benzene rings is 1. The van der Waals surface area contributed by atoms with Crippen LogP contribution in [0.3, 0.4) is 0 Å². The second-order valence-corrected chi connectivity index (χ2v) is 6.07. The van der Waals surface area contributed by atoms with Crippen LogP contribution in [-0.2, 0) is 4.79 Å². The molecule has 0 aliphatic heterocycles. The number of hydroxylamine groups is 1. The van der Waals surface area contributed by atoms with Crippen LogP contribution < -0.4 is 10.2 Å². The molecule has 1 unspecified atom stereocenters. The molecule has 0 saturated heterocycles. The van der Waals surface area contributed by atoms with Gasteiger partial charge in [0.15, 0.2) is 0 Å². The Morgan fingerprint density at radius 1 is 1.14 bits per heavy atom. The van der Waals surface area contributed by atoms with E-state index in [1.165, 1.54) is 17.2 Å². The van der Waals surface area contributed by atoms with Crippen LogP contribution in [0.2, 0.25) is 0 Å². The number of nitrogens with one attached hydrogen (secondary N) is 1. The predicted molar refractivity (Wildman–Crippen MR) is 125 cm³/mol. The Hall–Kier alpha value is -2.59. The minimum atomic E-state index is -0.560. The maximum atomic E-state index is 11.0. The molecular formula is C25H39NO3. The van der Waals surface area contributed by atoms with Gasteiger partial charge in [0.2, 0.25) is 0 Å². The topological polar surface area (TPSA) is 58.6 Å². The first kappa shape index (κ1) is 28.6. The minimum Gasteiger partial charge on any atom is -0.487 e. The van der Waals surface area contributed by atoms with Crippen LogP contribution in [0.25, 0.3) is 5.57 Å². The zero-order valence-corrected chi connectivity index (χ0v) is 18.0. The molecule has 0 spiro atoms. The first-order valence-corrected chi connectivity index (χ1v) is 9.85. The number of hydrogen-bond donors (Lipinski definition) is 2. The largest absolute Gasteiger partial charge is 0.487 e. The van der Waals surface area contributed by atoms with Gasteiger partial charge in [0.1, 0.15) is 11.9 Å². The van der Waals surface area contributed by atoms with Gasteiger partial charge in [0.05, 0.1) is 0 Å². The van der Waals surface area contributed by atoms with Gasteiger partial charge in [-0.15, -0.1) is 0 Å². The molecule has 0 saturated carbocycles. The SMILES string of the molecule is C.CC.CC/C=C\C/C=C(\C)c1ccc(OC(C)/C=C(C)/C=C/C(=O)NO)cc1. The van der Waals surface area contributed by atoms with Crippen molar-refractivity contribution in [2.45, 2.75) is 67.9 Å². The Kier molecular flexibility index (Phi) is 17.3. The summed E-state index contributed by atoms with van der Waals surface area (Å²) in [7, 11) is 0. The number of carbonyl (C=O) groups is 1. The van der Waals surface area contributed by atoms with E-state index < -0.39 is 5.91 Å². The Morgan fingerprint density at radius 2 is 1.76 bits per heavy atom. The summed E-state index contributed by atoms with van der Waals surface area (Å²) in [4.78, 5) is 11.0. The van der Waals surface area contributed by atoms with Crippen LogP contribution in [0.5, 0.6) is 5.75 Å². The Labute approximate surface area is 177 Å². The molecule has 0 aromatic heterocycles. The molecular weight excluding hydrogens is 362 g/mol. The van der Waals surface area contributed by atoms with Crippen LogP contribution >= 0.6 is 0 Å². The summed E-state index contributed by atoms with van der Waals surface area (Å²) in [5.41, 5.74) is 4.85. The second-order valence-electron chi connectivity index (χ2n) is 6.07. The number of allylic oxidation sites excluding steroid dienone is 6. The van der Waals surface area contributed by atoms with Crippen LogP contribution in [-0.4, -0.2) is 17.2 Å². The summed E-state index contributed by atoms with van der Waals surface area (Å²) in [6.45, 7) is 12.0. The molecule has 2 N–H and O–H groups in total. The van der Waals surface area contributed by atoms with Gasteiger partial charge < -0.3 is 4.74 Å². The van der Waals surface area contributed by atoms with E-state index in [0.717, 1.165) is 24.2 Å². The van der Waals surface area contributed by atoms with Crippen LogP contribution in [0.15, 0.2) is 66.3 Å². The number of carbonyl (C=O) groups excluding carboxylic acids is 1. The maximum absolute atomic E-state index is 11.0. The van der Waals surface area contributed by atoms with Gasteiger partial charge in [0, 0.05) is 6.08 Å². The lowest BCUT2D eigenvalue weighted by atomic mass is 10.1. The quantitative estimate of drug-likeness (QED) is 0.156. The van der Waals surface area contributed by atoms with E-state index in [-0.39, 0.29) is 13.5 Å². The fourth-order valence-electron chi connectivity index (χ4n) is 2.34. The molecule has 29 heavy (non-hydrogen) atoms. The van der Waals surface area contributed by atoms with E-state index in [0.29, 0.717) is 0 Å². The highest BCUT2D eigenvalue weighted by molar-refractivity contribution is 5.86. The predicted octanol–water partition coefficient (Wildman–Crippen LogP) is 6.88. The molecule has 0 heterocycles. The summed E-state index contributed by atoms with van der Waals surface area (Å²) in [5, 5.41) is 8.46. The Bertz CT molecular complexity index is 683. The van der Waals surface area contributed by atoms with Gasteiger partial charge in [-0.2, -0.15) is 0 Å². The van der Waals surface area contributed by atoms with Gasteiger partial charge in [-0.1, -0.05) is 70.2 Å². The van der Waals surface area contributed by atoms with Crippen molar-refractivity contribution in [2.75, 3.05) is 0 Å². The number of rotatable bonds is 9. The molecule has 0 bridgehead atoms. The van der Waals surface area contributed by atoms with Crippen molar-refractivity contribution in [3.8, 4) is 5.75 Å². The van der Waals surface area contributed by atoms with Crippen molar-refractivity contribution in [3.63, 3.8) is 0 Å². The molecule has 1 amide bonds. The second kappa shape index (κ2) is 17.5. The molecule has 1 rings (SSSR count). The Morgan fingerprint density at radius 3 is 2.31 bits per heavy atom. The van der Waals surface area contributed by atoms with Crippen molar-refractivity contribution in [1.29, 1.82) is 0 Å². The van der Waals surface area contributed by atoms with E-state index in [9.17, 15) is 4.79 Å². The number of amides is 1. The van der Waals surface area contributed by atoms with Crippen LogP contribution in [0, 0.1) is 0 Å². The molecule has 1 atom stereocenters. The van der Waals surface area contributed by atoms with E-state index in [1.54, 1.807) is 11.6 Å². The monoisotopic (exact) mass is 401 g/mol. The lowest BCUT2D eigenvalue weighted by molar-refractivity contribution is -0.124. The van der Waals surface area contributed by atoms with E-state index in [4.69, 9.17) is 9.94 Å². The van der Waals surface area contributed by atoms with E-state index in [2.05, 4.69) is 44.2 Å². The third kappa shape index (κ3) is 13.3. The standard InChI is InChI=1S/C22H29NO3.C2H6.CH4/c1-5-6-7-8-9-18(3)20-11-13-21(14-12-20)26-19(4)16-17(2)10-15-22(24)23-25;1-2;/h6-7,9-16,19,25H,5,8H2,1-4H3,(H,23,24);1-2H3;1H4/b7-6-,15-10+,17-16+,18-9+;;. The first-order valence-electron chi connectivity index (χ1n) is 9.85. The smallest absolute Gasteiger partial charge is 0.267 e. The lowest BCUT2D eigenvalue weighted by Crippen LogP contribution is -2.15. The molecule has 162 valence electrons. The highest BCUT2D eigenvalue weighted by Gasteiger charge is 2.02. The molecule has 1 aromatic rings. The average molecular weight is 402 g/mol. The van der Waals surface area contributed by atoms with Crippen LogP contribution in [0.4, 0.5) is 0 Å². The van der Waals surface area contributed by atoms with Crippen molar-refractivity contribution >= 4 is 11.5 Å². The van der Waals surface area contributed by atoms with E-state index in [1.807, 2.05) is 45.9 Å². The van der Waals surface area contributed by atoms with Crippen molar-refractivity contribution in [1.82, 2.24) is 5.48 Å². The van der Waals surface area contributed by atoms with Gasteiger partial charge in [-0.25, -0.2) is 5.48 Å². The van der Waals surface area contributed by atoms with Gasteiger partial charge in [-0.05, 0) is 63.0 Å². The summed E-state index contributed by atoms with van der Waals surface area (Å²) < 4.78 is 5.88. The van der Waals surface area contributed by atoms with Crippen molar-refractivity contribution in [2.24, 2.45) is 0 Å². The third-order valence-corrected chi connectivity index (χ3v) is 3.70. The zero-order valence-electron chi connectivity index (χ0n) is 18.0. The summed E-state index contributed by atoms with van der Waals surface area (Å²) in [5.74, 6) is 0.233. The number of ether oxygens (including phenoxy) is 1. The van der Waals surface area contributed by atoms with Gasteiger partial charge >= 0.3 is 0 Å². The molecule has 0 radical (unpaired) electrons. The maximum Gasteiger partial charge on any atom is 0.267 e. The lowest BCUT2D eigenvalue weighted by Gasteiger charge is -2.12. The fourth-order valence-corrected chi connectivity index (χ4v) is 2.34. The van der Waals surface area contributed by atoms with Gasteiger partial charge in [-0.3, -0.25) is 10.0 Å². The third-order valence-electron chi connectivity index (χ3n) is 3.70. The highest BCUT2D eigenvalue weighted by atomic mass is 16.5. The normalized spacial score (nSPS) is 12.8. The Balaban J connectivity index is 0. The highest BCUT2D eigenvalue weighted by Crippen LogP contribution is 2.20. The average Bonchev–Trinajstić information content (AvgIpc) is 2.71. The molecule has 0 aliphatic rings.